The van der Waals surface area contributed by atoms with Crippen molar-refractivity contribution in [1.29, 1.82) is 5.26 Å². The van der Waals surface area contributed by atoms with Gasteiger partial charge in [-0.25, -0.2) is 17.8 Å². The monoisotopic (exact) mass is 471 g/mol. The van der Waals surface area contributed by atoms with Gasteiger partial charge < -0.3 is 4.90 Å². The van der Waals surface area contributed by atoms with Crippen LogP contribution in [0.1, 0.15) is 37.3 Å². The Morgan fingerprint density at radius 3 is 2.52 bits per heavy atom. The molecule has 0 unspecified atom stereocenters. The van der Waals surface area contributed by atoms with Gasteiger partial charge in [-0.1, -0.05) is 0 Å². The Morgan fingerprint density at radius 2 is 1.85 bits per heavy atom. The van der Waals surface area contributed by atoms with Gasteiger partial charge >= 0.3 is 5.69 Å². The maximum absolute atomic E-state index is 13.1. The lowest BCUT2D eigenvalue weighted by Crippen LogP contribution is -2.46. The fourth-order valence-electron chi connectivity index (χ4n) is 4.39. The maximum Gasteiger partial charge on any atom is 0.331 e. The molecule has 0 radical (unpaired) electrons. The first kappa shape index (κ1) is 22.9. The van der Waals surface area contributed by atoms with Crippen molar-refractivity contribution in [2.45, 2.75) is 50.6 Å². The van der Waals surface area contributed by atoms with Crippen LogP contribution in [0.3, 0.4) is 0 Å². The van der Waals surface area contributed by atoms with E-state index in [-0.39, 0.29) is 17.0 Å². The van der Waals surface area contributed by atoms with Gasteiger partial charge in [0.25, 0.3) is 5.56 Å². The van der Waals surface area contributed by atoms with Crippen LogP contribution in [-0.4, -0.2) is 47.4 Å². The molecule has 11 heteroatoms. The van der Waals surface area contributed by atoms with Gasteiger partial charge in [-0.2, -0.15) is 9.57 Å². The molecule has 10 nitrogen and oxygen atoms in total. The van der Waals surface area contributed by atoms with Gasteiger partial charge in [0.1, 0.15) is 18.2 Å². The molecule has 3 heterocycles. The lowest BCUT2D eigenvalue weighted by Gasteiger charge is -2.30. The summed E-state index contributed by atoms with van der Waals surface area (Å²) in [6.07, 6.45) is 4.13. The van der Waals surface area contributed by atoms with Gasteiger partial charge in [0.05, 0.1) is 4.90 Å². The van der Waals surface area contributed by atoms with E-state index in [0.29, 0.717) is 38.2 Å². The quantitative estimate of drug-likeness (QED) is 0.631. The van der Waals surface area contributed by atoms with Crippen LogP contribution in [0, 0.1) is 11.3 Å². The van der Waals surface area contributed by atoms with E-state index < -0.39 is 33.7 Å². The van der Waals surface area contributed by atoms with E-state index in [0.717, 1.165) is 23.0 Å². The molecule has 1 saturated heterocycles. The molecule has 0 saturated carbocycles. The largest absolute Gasteiger partial charge is 0.331 e. The van der Waals surface area contributed by atoms with E-state index in [4.69, 9.17) is 0 Å². The van der Waals surface area contributed by atoms with Crippen LogP contribution in [0.25, 0.3) is 0 Å². The number of amides is 1. The number of hydrogen-bond donors (Lipinski definition) is 0. The highest BCUT2D eigenvalue weighted by Gasteiger charge is 2.30. The van der Waals surface area contributed by atoms with Crippen molar-refractivity contribution in [3.8, 4) is 6.07 Å². The lowest BCUT2D eigenvalue weighted by molar-refractivity contribution is -0.119. The third-order valence-corrected chi connectivity index (χ3v) is 8.06. The first-order valence-electron chi connectivity index (χ1n) is 11.0. The molecule has 0 spiro atoms. The summed E-state index contributed by atoms with van der Waals surface area (Å²) >= 11 is 0. The van der Waals surface area contributed by atoms with E-state index >= 15 is 0 Å². The van der Waals surface area contributed by atoms with Crippen molar-refractivity contribution < 1.29 is 13.2 Å². The maximum atomic E-state index is 13.1. The van der Waals surface area contributed by atoms with Crippen LogP contribution in [0.5, 0.6) is 0 Å². The summed E-state index contributed by atoms with van der Waals surface area (Å²) in [5.41, 5.74) is -0.352. The van der Waals surface area contributed by atoms with Crippen LogP contribution < -0.4 is 16.1 Å². The second-order valence-electron chi connectivity index (χ2n) is 8.17. The summed E-state index contributed by atoms with van der Waals surface area (Å²) in [5, 5.41) is 9.21. The number of nitrogens with zero attached hydrogens (tertiary/aromatic N) is 5. The van der Waals surface area contributed by atoms with Crippen molar-refractivity contribution in [2.24, 2.45) is 0 Å². The SMILES string of the molecule is CCn1cc(C#N)c(=O)n(CC(=O)N2CCCc3cc(S(=O)(=O)N4CCCC4)ccc32)c1=O. The molecule has 0 aliphatic carbocycles. The van der Waals surface area contributed by atoms with Crippen LogP contribution in [0.4, 0.5) is 5.69 Å². The van der Waals surface area contributed by atoms with E-state index in [1.165, 1.54) is 26.0 Å². The third-order valence-electron chi connectivity index (χ3n) is 6.17. The van der Waals surface area contributed by atoms with Crippen LogP contribution in [0.2, 0.25) is 0 Å². The summed E-state index contributed by atoms with van der Waals surface area (Å²) < 4.78 is 29.3. The zero-order valence-corrected chi connectivity index (χ0v) is 19.2. The average molecular weight is 472 g/mol. The molecule has 1 aromatic carbocycles. The minimum Gasteiger partial charge on any atom is -0.311 e. The van der Waals surface area contributed by atoms with Crippen LogP contribution >= 0.6 is 0 Å². The van der Waals surface area contributed by atoms with Gasteiger partial charge in [-0.15, -0.1) is 0 Å². The molecule has 1 amide bonds. The highest BCUT2D eigenvalue weighted by atomic mass is 32.2. The number of fused-ring (bicyclic) bond motifs is 1. The highest BCUT2D eigenvalue weighted by Crippen LogP contribution is 2.31. The number of hydrogen-bond acceptors (Lipinski definition) is 6. The standard InChI is InChI=1S/C22H25N5O5S/c1-2-24-14-17(13-23)21(29)27(22(24)30)15-20(28)26-11-5-6-16-12-18(7-8-19(16)26)33(31,32)25-9-3-4-10-25/h7-8,12,14H,2-6,9-11,15H2,1H3. The third kappa shape index (κ3) is 4.12. The molecule has 4 rings (SSSR count). The van der Waals surface area contributed by atoms with Gasteiger partial charge in [0.15, 0.2) is 0 Å². The van der Waals surface area contributed by atoms with Crippen molar-refractivity contribution in [1.82, 2.24) is 13.4 Å². The molecule has 33 heavy (non-hydrogen) atoms. The molecule has 0 bridgehead atoms. The molecule has 0 N–H and O–H groups in total. The fraction of sp³-hybridized carbons (Fsp3) is 0.455. The Balaban J connectivity index is 1.66. The minimum atomic E-state index is -3.58. The Bertz CT molecular complexity index is 1360. The topological polar surface area (TPSA) is 125 Å². The number of carbonyl (C=O) groups is 1. The van der Waals surface area contributed by atoms with Gasteiger partial charge in [0, 0.05) is 38.1 Å². The number of aromatic nitrogens is 2. The summed E-state index contributed by atoms with van der Waals surface area (Å²) in [6.45, 7) is 2.86. The zero-order valence-electron chi connectivity index (χ0n) is 18.4. The van der Waals surface area contributed by atoms with Crippen molar-refractivity contribution in [3.05, 3.63) is 56.4 Å². The van der Waals surface area contributed by atoms with Gasteiger partial charge in [-0.05, 0) is 56.4 Å². The molecule has 2 aromatic rings. The highest BCUT2D eigenvalue weighted by molar-refractivity contribution is 7.89. The molecule has 1 fully saturated rings. The number of rotatable bonds is 5. The summed E-state index contributed by atoms with van der Waals surface area (Å²) in [6, 6.07) is 6.51. The number of carbonyl (C=O) groups excluding carboxylic acids is 1. The van der Waals surface area contributed by atoms with Crippen molar-refractivity contribution >= 4 is 21.6 Å². The Morgan fingerprint density at radius 1 is 1.12 bits per heavy atom. The van der Waals surface area contributed by atoms with Crippen LogP contribution in [-0.2, 0) is 34.3 Å². The minimum absolute atomic E-state index is 0.208. The predicted octanol–water partition coefficient (Wildman–Crippen LogP) is 0.665. The second-order valence-corrected chi connectivity index (χ2v) is 10.1. The molecule has 0 atom stereocenters. The summed E-state index contributed by atoms with van der Waals surface area (Å²) in [5.74, 6) is -0.469. The normalized spacial score (nSPS) is 16.4. The molecule has 1 aromatic heterocycles. The van der Waals surface area contributed by atoms with Crippen LogP contribution in [0.15, 0.2) is 38.9 Å². The average Bonchev–Trinajstić information content (AvgIpc) is 3.37. The first-order chi connectivity index (χ1) is 15.8. The van der Waals surface area contributed by atoms with Crippen molar-refractivity contribution in [2.75, 3.05) is 24.5 Å². The second kappa shape index (κ2) is 8.96. The molecular formula is C22H25N5O5S. The van der Waals surface area contributed by atoms with Gasteiger partial charge in [-0.3, -0.25) is 14.2 Å². The first-order valence-corrected chi connectivity index (χ1v) is 12.4. The summed E-state index contributed by atoms with van der Waals surface area (Å²) in [7, 11) is -3.58. The number of benzene rings is 1. The number of nitriles is 1. The predicted molar refractivity (Wildman–Crippen MR) is 120 cm³/mol. The molecule has 174 valence electrons. The number of aryl methyl sites for hydroxylation is 2. The fourth-order valence-corrected chi connectivity index (χ4v) is 5.96. The number of sulfonamides is 1. The van der Waals surface area contributed by atoms with E-state index in [1.54, 1.807) is 25.1 Å². The zero-order chi connectivity index (χ0) is 23.8. The van der Waals surface area contributed by atoms with E-state index in [1.807, 2.05) is 0 Å². The van der Waals surface area contributed by atoms with E-state index in [9.17, 15) is 28.1 Å². The molecule has 2 aliphatic heterocycles. The smallest absolute Gasteiger partial charge is 0.311 e. The summed E-state index contributed by atoms with van der Waals surface area (Å²) in [4.78, 5) is 39.9. The Hall–Kier alpha value is -3.23. The van der Waals surface area contributed by atoms with E-state index in [2.05, 4.69) is 0 Å². The molecular weight excluding hydrogens is 446 g/mol. The lowest BCUT2D eigenvalue weighted by atomic mass is 10.0. The molecule has 2 aliphatic rings. The Labute approximate surface area is 191 Å². The van der Waals surface area contributed by atoms with Gasteiger partial charge in [0.2, 0.25) is 15.9 Å². The number of anilines is 1. The Kier molecular flexibility index (Phi) is 6.23. The van der Waals surface area contributed by atoms with Crippen molar-refractivity contribution in [3.63, 3.8) is 0 Å².